The van der Waals surface area contributed by atoms with E-state index in [0.717, 1.165) is 30.0 Å². The average molecular weight is 499 g/mol. The number of rotatable bonds is 6. The summed E-state index contributed by atoms with van der Waals surface area (Å²) in [6.45, 7) is 2.15. The van der Waals surface area contributed by atoms with Gasteiger partial charge in [0.15, 0.2) is 17.5 Å². The normalized spacial score (nSPS) is 24.5. The molecule has 0 bridgehead atoms. The van der Waals surface area contributed by atoms with Gasteiger partial charge in [-0.25, -0.2) is 22.0 Å². The topological polar surface area (TPSA) is 0 Å². The van der Waals surface area contributed by atoms with Crippen LogP contribution in [0.15, 0.2) is 30.3 Å². The molecular weight excluding hydrogens is 462 g/mol. The monoisotopic (exact) mass is 498 g/mol. The Morgan fingerprint density at radius 3 is 1.80 bits per heavy atom. The Hall–Kier alpha value is -1.98. The van der Waals surface area contributed by atoms with Crippen LogP contribution in [0.5, 0.6) is 0 Å². The molecule has 2 fully saturated rings. The third kappa shape index (κ3) is 7.75. The molecule has 0 aliphatic heterocycles. The molecule has 0 heterocycles. The second-order valence-electron chi connectivity index (χ2n) is 10.1. The molecule has 2 aromatic carbocycles. The zero-order valence-corrected chi connectivity index (χ0v) is 20.4. The number of benzene rings is 2. The van der Waals surface area contributed by atoms with Gasteiger partial charge in [0.25, 0.3) is 0 Å². The van der Waals surface area contributed by atoms with Crippen molar-refractivity contribution in [3.8, 4) is 11.1 Å². The van der Waals surface area contributed by atoms with Gasteiger partial charge in [0.05, 0.1) is 6.67 Å². The summed E-state index contributed by atoms with van der Waals surface area (Å²) in [5.74, 6) is -3.15. The van der Waals surface area contributed by atoms with Gasteiger partial charge in [0.1, 0.15) is 12.0 Å². The molecule has 0 amide bonds. The van der Waals surface area contributed by atoms with E-state index in [1.165, 1.54) is 50.7 Å². The Morgan fingerprint density at radius 2 is 1.29 bits per heavy atom. The first-order valence-corrected chi connectivity index (χ1v) is 13.0. The SMILES string of the molecule is CCCC1CCC(CCF)CC1.Fc1cc(C2CCC(F)CC2)ccc1-c1cc(F)c(F)c(F)c1. The lowest BCUT2D eigenvalue weighted by Gasteiger charge is -2.27. The summed E-state index contributed by atoms with van der Waals surface area (Å²) in [4.78, 5) is 0. The third-order valence-corrected chi connectivity index (χ3v) is 7.60. The molecule has 0 saturated heterocycles. The predicted molar refractivity (Wildman–Crippen MR) is 129 cm³/mol. The van der Waals surface area contributed by atoms with E-state index in [-0.39, 0.29) is 23.7 Å². The zero-order valence-electron chi connectivity index (χ0n) is 20.4. The molecule has 0 N–H and O–H groups in total. The predicted octanol–water partition coefficient (Wildman–Crippen LogP) is 9.86. The van der Waals surface area contributed by atoms with E-state index in [1.807, 2.05) is 0 Å². The Balaban J connectivity index is 0.000000241. The van der Waals surface area contributed by atoms with E-state index in [1.54, 1.807) is 6.07 Å². The van der Waals surface area contributed by atoms with E-state index < -0.39 is 29.4 Å². The molecule has 2 aliphatic rings. The van der Waals surface area contributed by atoms with E-state index in [2.05, 4.69) is 6.92 Å². The molecule has 0 aromatic heterocycles. The van der Waals surface area contributed by atoms with Gasteiger partial charge in [0, 0.05) is 5.56 Å². The van der Waals surface area contributed by atoms with Gasteiger partial charge < -0.3 is 0 Å². The van der Waals surface area contributed by atoms with Crippen molar-refractivity contribution in [2.45, 2.75) is 89.6 Å². The first-order valence-electron chi connectivity index (χ1n) is 13.0. The molecule has 0 unspecified atom stereocenters. The van der Waals surface area contributed by atoms with Crippen molar-refractivity contribution in [2.24, 2.45) is 11.8 Å². The van der Waals surface area contributed by atoms with Crippen LogP contribution in [0.3, 0.4) is 0 Å². The van der Waals surface area contributed by atoms with E-state index >= 15 is 0 Å². The molecule has 0 nitrogen and oxygen atoms in total. The quantitative estimate of drug-likeness (QED) is 0.275. The van der Waals surface area contributed by atoms with Crippen molar-refractivity contribution in [2.75, 3.05) is 6.67 Å². The van der Waals surface area contributed by atoms with E-state index in [9.17, 15) is 26.3 Å². The second-order valence-corrected chi connectivity index (χ2v) is 10.1. The van der Waals surface area contributed by atoms with Crippen molar-refractivity contribution in [3.63, 3.8) is 0 Å². The molecule has 35 heavy (non-hydrogen) atoms. The maximum Gasteiger partial charge on any atom is 0.194 e. The minimum absolute atomic E-state index is 0.00530. The van der Waals surface area contributed by atoms with Gasteiger partial charge in [-0.05, 0) is 79.2 Å². The summed E-state index contributed by atoms with van der Waals surface area (Å²) in [7, 11) is 0. The molecule has 0 radical (unpaired) electrons. The fraction of sp³-hybridized carbons (Fsp3) is 0.586. The molecule has 194 valence electrons. The largest absolute Gasteiger partial charge is 0.251 e. The van der Waals surface area contributed by atoms with Gasteiger partial charge in [0.2, 0.25) is 0 Å². The lowest BCUT2D eigenvalue weighted by molar-refractivity contribution is 0.235. The van der Waals surface area contributed by atoms with E-state index in [0.29, 0.717) is 31.6 Å². The van der Waals surface area contributed by atoms with Crippen molar-refractivity contribution in [1.82, 2.24) is 0 Å². The molecule has 2 aromatic rings. The first-order chi connectivity index (χ1) is 16.8. The third-order valence-electron chi connectivity index (χ3n) is 7.60. The lowest BCUT2D eigenvalue weighted by atomic mass is 9.79. The van der Waals surface area contributed by atoms with Crippen LogP contribution in [0.4, 0.5) is 26.3 Å². The van der Waals surface area contributed by atoms with Crippen LogP contribution in [0.25, 0.3) is 11.1 Å². The Morgan fingerprint density at radius 1 is 0.714 bits per heavy atom. The highest BCUT2D eigenvalue weighted by atomic mass is 19.2. The zero-order chi connectivity index (χ0) is 25.4. The number of hydrogen-bond acceptors (Lipinski definition) is 0. The molecule has 2 saturated carbocycles. The Kier molecular flexibility index (Phi) is 10.5. The van der Waals surface area contributed by atoms with Crippen LogP contribution in [0.1, 0.15) is 89.0 Å². The Labute approximate surface area is 205 Å². The number of alkyl halides is 2. The number of halogens is 6. The lowest BCUT2D eigenvalue weighted by Crippen LogP contribution is -2.14. The van der Waals surface area contributed by atoms with Gasteiger partial charge >= 0.3 is 0 Å². The standard InChI is InChI=1S/C18H15F5.C11H21F/c19-13-4-1-10(2-5-13)11-3-6-14(15(20)7-11)12-8-16(21)18(23)17(22)9-12;1-2-3-10-4-6-11(7-5-10)8-9-12/h3,6-10,13H,1-2,4-5H2;10-11H,2-9H2,1H3. The fourth-order valence-electron chi connectivity index (χ4n) is 5.49. The molecular formula is C29H36F6. The van der Waals surface area contributed by atoms with Crippen LogP contribution >= 0.6 is 0 Å². The summed E-state index contributed by atoms with van der Waals surface area (Å²) in [6.07, 6.45) is 10.3. The maximum absolute atomic E-state index is 14.3. The average Bonchev–Trinajstić information content (AvgIpc) is 2.85. The molecule has 0 atom stereocenters. The highest BCUT2D eigenvalue weighted by Gasteiger charge is 2.23. The van der Waals surface area contributed by atoms with Crippen molar-refractivity contribution in [1.29, 1.82) is 0 Å². The van der Waals surface area contributed by atoms with Crippen molar-refractivity contribution >= 4 is 0 Å². The summed E-state index contributed by atoms with van der Waals surface area (Å²) >= 11 is 0. The Bertz CT molecular complexity index is 890. The second kappa shape index (κ2) is 13.4. The fourth-order valence-corrected chi connectivity index (χ4v) is 5.49. The first kappa shape index (κ1) is 27.6. The number of hydrogen-bond donors (Lipinski definition) is 0. The molecule has 4 rings (SSSR count). The smallest absolute Gasteiger partial charge is 0.194 e. The molecule has 2 aliphatic carbocycles. The van der Waals surface area contributed by atoms with Crippen LogP contribution in [-0.4, -0.2) is 12.8 Å². The molecule has 0 spiro atoms. The van der Waals surface area contributed by atoms with Crippen LogP contribution in [0, 0.1) is 35.1 Å². The molecule has 6 heteroatoms. The minimum Gasteiger partial charge on any atom is -0.251 e. The summed E-state index contributed by atoms with van der Waals surface area (Å²) in [6, 6.07) is 5.96. The van der Waals surface area contributed by atoms with Crippen LogP contribution in [0.2, 0.25) is 0 Å². The van der Waals surface area contributed by atoms with Gasteiger partial charge in [-0.3, -0.25) is 4.39 Å². The van der Waals surface area contributed by atoms with Crippen molar-refractivity contribution in [3.05, 3.63) is 59.2 Å². The minimum atomic E-state index is -1.58. The summed E-state index contributed by atoms with van der Waals surface area (Å²) < 4.78 is 79.1. The van der Waals surface area contributed by atoms with Gasteiger partial charge in [-0.1, -0.05) is 57.6 Å². The summed E-state index contributed by atoms with van der Waals surface area (Å²) in [5, 5.41) is 0. The highest BCUT2D eigenvalue weighted by Crippen LogP contribution is 2.36. The van der Waals surface area contributed by atoms with Gasteiger partial charge in [-0.15, -0.1) is 0 Å². The van der Waals surface area contributed by atoms with Crippen LogP contribution < -0.4 is 0 Å². The maximum atomic E-state index is 14.3. The highest BCUT2D eigenvalue weighted by molar-refractivity contribution is 5.65. The van der Waals surface area contributed by atoms with Crippen molar-refractivity contribution < 1.29 is 26.3 Å². The van der Waals surface area contributed by atoms with Crippen LogP contribution in [-0.2, 0) is 0 Å². The van der Waals surface area contributed by atoms with Gasteiger partial charge in [-0.2, -0.15) is 0 Å². The van der Waals surface area contributed by atoms with E-state index in [4.69, 9.17) is 0 Å². The summed E-state index contributed by atoms with van der Waals surface area (Å²) in [5.41, 5.74) is 0.699.